The van der Waals surface area contributed by atoms with Crippen LogP contribution in [-0.2, 0) is 50.2 Å². The number of benzene rings is 2. The maximum absolute atomic E-state index is 12.4. The van der Waals surface area contributed by atoms with Crippen LogP contribution in [0.3, 0.4) is 0 Å². The lowest BCUT2D eigenvalue weighted by atomic mass is 9.81. The maximum Gasteiger partial charge on any atom is 0.294 e. The van der Waals surface area contributed by atoms with Gasteiger partial charge in [0.2, 0.25) is 5.69 Å². The summed E-state index contributed by atoms with van der Waals surface area (Å²) >= 11 is 0. The first-order valence-corrected chi connectivity index (χ1v) is 27.0. The molecule has 0 atom stereocenters. The second-order valence-corrected chi connectivity index (χ2v) is 23.3. The number of allylic oxidation sites excluding steroid dienone is 8. The van der Waals surface area contributed by atoms with Crippen molar-refractivity contribution in [2.45, 2.75) is 127 Å². The van der Waals surface area contributed by atoms with Crippen LogP contribution in [0, 0.1) is 6.92 Å². The normalized spacial score (nSPS) is 16.7. The first-order valence-electron chi connectivity index (χ1n) is 22.2. The molecule has 348 valence electrons. The summed E-state index contributed by atoms with van der Waals surface area (Å²) < 4.78 is 82.8. The molecule has 0 saturated carbocycles. The summed E-state index contributed by atoms with van der Waals surface area (Å²) in [7, 11) is -11.0. The van der Waals surface area contributed by atoms with Crippen LogP contribution in [0.2, 0.25) is 0 Å². The Labute approximate surface area is 382 Å². The van der Waals surface area contributed by atoms with Crippen molar-refractivity contribution < 1.29 is 44.0 Å². The third-order valence-electron chi connectivity index (χ3n) is 12.1. The van der Waals surface area contributed by atoms with Crippen molar-refractivity contribution in [1.82, 2.24) is 0 Å². The molecule has 0 saturated heterocycles. The van der Waals surface area contributed by atoms with Crippen LogP contribution in [0.25, 0.3) is 0 Å². The Kier molecular flexibility index (Phi) is 18.4. The number of anilines is 1. The van der Waals surface area contributed by atoms with Gasteiger partial charge in [-0.2, -0.15) is 13.0 Å². The molecule has 2 heterocycles. The van der Waals surface area contributed by atoms with Gasteiger partial charge < -0.3 is 4.90 Å². The molecule has 0 bridgehead atoms. The summed E-state index contributed by atoms with van der Waals surface area (Å²) in [6, 6.07) is 11.2. The number of unbranched alkanes of at least 4 members (excludes halogenated alkanes) is 4. The number of hydrogen-bond donors (Lipinski definition) is 1. The number of ketones is 2. The third-order valence-corrected chi connectivity index (χ3v) is 15.7. The molecule has 0 amide bonds. The van der Waals surface area contributed by atoms with Crippen molar-refractivity contribution in [3.63, 3.8) is 0 Å². The Bertz CT molecular complexity index is 2560. The molecule has 2 aromatic rings. The molecule has 0 fully saturated rings. The third kappa shape index (κ3) is 14.2. The van der Waals surface area contributed by atoms with Crippen LogP contribution in [0.1, 0.15) is 121 Å². The number of fused-ring (bicyclic) bond motifs is 2. The standard InChI is InChI=1S/C50H66N2O9S3/c1-8-62(55,56)35-21-25-40(53)23-15-13-19-33-51-45-31-29-39(3)37-43(45)49(4,5)47(51)27-17-11-10-12-18-28-48-50(6,7)44-38-42(64(59,60)61)30-32-46(44)52(48)34-20-14-16-24-41(54)26-22-36-63(57,58)9-2/h8-12,17-18,27-32,37-38H,1-2,13-16,19-26,33-36H2,3-7H3/p+1. The van der Waals surface area contributed by atoms with E-state index in [9.17, 15) is 39.4 Å². The Morgan fingerprint density at radius 3 is 1.83 bits per heavy atom. The van der Waals surface area contributed by atoms with Gasteiger partial charge in [0.25, 0.3) is 10.1 Å². The largest absolute Gasteiger partial charge is 0.344 e. The number of rotatable bonds is 27. The Balaban J connectivity index is 1.43. The first-order chi connectivity index (χ1) is 30.0. The number of sulfone groups is 2. The smallest absolute Gasteiger partial charge is 0.294 e. The molecule has 0 spiro atoms. The average molecular weight is 936 g/mol. The van der Waals surface area contributed by atoms with Crippen molar-refractivity contribution in [3.05, 3.63) is 125 Å². The van der Waals surface area contributed by atoms with Crippen LogP contribution in [0.4, 0.5) is 11.4 Å². The molecular weight excluding hydrogens is 869 g/mol. The van der Waals surface area contributed by atoms with Crippen molar-refractivity contribution in [3.8, 4) is 0 Å². The lowest BCUT2D eigenvalue weighted by molar-refractivity contribution is -0.438. The van der Waals surface area contributed by atoms with Crippen LogP contribution in [0.5, 0.6) is 0 Å². The van der Waals surface area contributed by atoms with E-state index in [0.29, 0.717) is 32.2 Å². The number of carbonyl (C=O) groups excluding carboxylic acids is 2. The zero-order chi connectivity index (χ0) is 47.3. The molecule has 11 nitrogen and oxygen atoms in total. The zero-order valence-electron chi connectivity index (χ0n) is 38.2. The lowest BCUT2D eigenvalue weighted by Crippen LogP contribution is -2.28. The summed E-state index contributed by atoms with van der Waals surface area (Å²) in [4.78, 5) is 27.0. The average Bonchev–Trinajstić information content (AvgIpc) is 3.56. The second kappa shape index (κ2) is 22.6. The van der Waals surface area contributed by atoms with Gasteiger partial charge in [-0.25, -0.2) is 16.8 Å². The fourth-order valence-electron chi connectivity index (χ4n) is 8.47. The predicted octanol–water partition coefficient (Wildman–Crippen LogP) is 9.90. The van der Waals surface area contributed by atoms with Gasteiger partial charge in [0.05, 0.1) is 21.8 Å². The van der Waals surface area contributed by atoms with Gasteiger partial charge in [0.15, 0.2) is 25.4 Å². The minimum Gasteiger partial charge on any atom is -0.344 e. The molecule has 2 aliphatic heterocycles. The van der Waals surface area contributed by atoms with Crippen molar-refractivity contribution in [2.75, 3.05) is 29.5 Å². The van der Waals surface area contributed by atoms with Crippen LogP contribution in [-0.4, -0.2) is 76.3 Å². The van der Waals surface area contributed by atoms with Gasteiger partial charge in [-0.3, -0.25) is 14.1 Å². The molecule has 64 heavy (non-hydrogen) atoms. The van der Waals surface area contributed by atoms with E-state index in [2.05, 4.69) is 67.7 Å². The number of carbonyl (C=O) groups is 2. The summed E-state index contributed by atoms with van der Waals surface area (Å²) in [6.07, 6.45) is 20.7. The molecule has 2 aromatic carbocycles. The van der Waals surface area contributed by atoms with E-state index in [4.69, 9.17) is 0 Å². The van der Waals surface area contributed by atoms with Gasteiger partial charge >= 0.3 is 0 Å². The van der Waals surface area contributed by atoms with E-state index in [0.717, 1.165) is 66.4 Å². The first kappa shape index (κ1) is 52.1. The number of nitrogens with zero attached hydrogens (tertiary/aromatic N) is 2. The number of hydrogen-bond acceptors (Lipinski definition) is 9. The highest BCUT2D eigenvalue weighted by Crippen LogP contribution is 2.48. The van der Waals surface area contributed by atoms with E-state index in [1.807, 2.05) is 50.3 Å². The quantitative estimate of drug-likeness (QED) is 0.0395. The van der Waals surface area contributed by atoms with E-state index in [-0.39, 0.29) is 52.6 Å². The minimum absolute atomic E-state index is 0.0366. The van der Waals surface area contributed by atoms with E-state index in [1.54, 1.807) is 6.07 Å². The Morgan fingerprint density at radius 2 is 1.23 bits per heavy atom. The molecule has 0 radical (unpaired) electrons. The molecule has 0 unspecified atom stereocenters. The number of aryl methyl sites for hydroxylation is 1. The summed E-state index contributed by atoms with van der Waals surface area (Å²) in [5.74, 6) is -0.00670. The van der Waals surface area contributed by atoms with Gasteiger partial charge in [0, 0.05) is 84.0 Å². The highest BCUT2D eigenvalue weighted by molar-refractivity contribution is 7.94. The fourth-order valence-corrected chi connectivity index (χ4v) is 10.4. The predicted molar refractivity (Wildman–Crippen MR) is 260 cm³/mol. The Hall–Kier alpha value is -4.50. The molecule has 2 aliphatic rings. The van der Waals surface area contributed by atoms with Gasteiger partial charge in [0.1, 0.15) is 18.1 Å². The zero-order valence-corrected chi connectivity index (χ0v) is 40.7. The van der Waals surface area contributed by atoms with Crippen LogP contribution >= 0.6 is 0 Å². The van der Waals surface area contributed by atoms with E-state index in [1.165, 1.54) is 34.6 Å². The Morgan fingerprint density at radius 1 is 0.672 bits per heavy atom. The van der Waals surface area contributed by atoms with E-state index < -0.39 is 35.2 Å². The van der Waals surface area contributed by atoms with Gasteiger partial charge in [-0.15, -0.1) is 0 Å². The molecule has 14 heteroatoms. The molecule has 0 aromatic heterocycles. The van der Waals surface area contributed by atoms with Crippen molar-refractivity contribution >= 4 is 58.4 Å². The molecular formula is C50H67N2O9S3+. The summed E-state index contributed by atoms with van der Waals surface area (Å²) in [5, 5.41) is 1.87. The van der Waals surface area contributed by atoms with Crippen molar-refractivity contribution in [2.24, 2.45) is 0 Å². The van der Waals surface area contributed by atoms with Gasteiger partial charge in [-0.1, -0.05) is 81.5 Å². The van der Waals surface area contributed by atoms with Crippen LogP contribution in [0.15, 0.2) is 113 Å². The second-order valence-electron chi connectivity index (χ2n) is 17.8. The summed E-state index contributed by atoms with van der Waals surface area (Å²) in [6.45, 7) is 18.7. The molecule has 0 aliphatic carbocycles. The van der Waals surface area contributed by atoms with E-state index >= 15 is 0 Å². The lowest BCUT2D eigenvalue weighted by Gasteiger charge is -2.27. The highest BCUT2D eigenvalue weighted by Gasteiger charge is 2.45. The van der Waals surface area contributed by atoms with Gasteiger partial charge in [-0.05, 0) is 89.1 Å². The van der Waals surface area contributed by atoms with Crippen molar-refractivity contribution in [1.29, 1.82) is 0 Å². The fraction of sp³-hybridized carbons (Fsp3) is 0.460. The molecule has 1 N–H and O–H groups in total. The van der Waals surface area contributed by atoms with Crippen LogP contribution < -0.4 is 4.90 Å². The SMILES string of the molecule is C=CS(=O)(=O)CCCC(=O)CCCCCN1C(=CC=CC=CC=CC2=[N+](CCCCCC(=O)CCCS(=O)(=O)C=C)c3ccc(S(=O)(=O)O)cc3C2(C)C)C(C)(C)c2cc(C)ccc21. The summed E-state index contributed by atoms with van der Waals surface area (Å²) in [5.41, 5.74) is 6.61. The highest BCUT2D eigenvalue weighted by atomic mass is 32.2. The monoisotopic (exact) mass is 935 g/mol. The number of Topliss-reactive ketones (excluding diaryl/α,β-unsaturated/α-hetero) is 2. The molecule has 4 rings (SSSR count). The maximum atomic E-state index is 12.4. The minimum atomic E-state index is -4.41. The topological polar surface area (TPSA) is 163 Å².